The summed E-state index contributed by atoms with van der Waals surface area (Å²) < 4.78 is 20.4. The Labute approximate surface area is 171 Å². The van der Waals surface area contributed by atoms with Gasteiger partial charge < -0.3 is 9.09 Å². The molecule has 3 heterocycles. The number of hydrogen-bond acceptors (Lipinski definition) is 5. The Balaban J connectivity index is 1.62. The van der Waals surface area contributed by atoms with Gasteiger partial charge in [0.2, 0.25) is 0 Å². The number of benzene rings is 1. The maximum atomic E-state index is 13.3. The topological polar surface area (TPSA) is 73.0 Å². The first kappa shape index (κ1) is 19.1. The van der Waals surface area contributed by atoms with Gasteiger partial charge in [0.25, 0.3) is 5.91 Å². The molecule has 0 saturated carbocycles. The molecule has 4 rings (SSSR count). The van der Waals surface area contributed by atoms with Crippen molar-refractivity contribution in [3.05, 3.63) is 69.9 Å². The van der Waals surface area contributed by atoms with Crippen molar-refractivity contribution in [1.82, 2.24) is 14.7 Å². The summed E-state index contributed by atoms with van der Waals surface area (Å²) >= 11 is 1.35. The fourth-order valence-corrected chi connectivity index (χ4v) is 4.14. The molecule has 8 heteroatoms. The van der Waals surface area contributed by atoms with Gasteiger partial charge in [-0.25, -0.2) is 9.37 Å². The number of carbonyl (C=O) groups is 1. The van der Waals surface area contributed by atoms with Crippen molar-refractivity contribution < 1.29 is 13.7 Å². The van der Waals surface area contributed by atoms with Gasteiger partial charge in [0.1, 0.15) is 17.1 Å². The van der Waals surface area contributed by atoms with E-state index in [9.17, 15) is 9.18 Å². The second kappa shape index (κ2) is 7.29. The molecule has 0 radical (unpaired) electrons. The predicted molar refractivity (Wildman–Crippen MR) is 110 cm³/mol. The molecule has 0 aliphatic heterocycles. The lowest BCUT2D eigenvalue weighted by Crippen LogP contribution is -2.13. The summed E-state index contributed by atoms with van der Waals surface area (Å²) in [6, 6.07) is 8.41. The van der Waals surface area contributed by atoms with Gasteiger partial charge in [0.05, 0.1) is 11.4 Å². The maximum Gasteiger partial charge on any atom is 0.262 e. The highest BCUT2D eigenvalue weighted by Crippen LogP contribution is 2.32. The molecule has 1 N–H and O–H groups in total. The summed E-state index contributed by atoms with van der Waals surface area (Å²) in [7, 11) is 0. The van der Waals surface area contributed by atoms with Crippen LogP contribution in [0.2, 0.25) is 0 Å². The number of hydrogen-bond donors (Lipinski definition) is 1. The summed E-state index contributed by atoms with van der Waals surface area (Å²) in [5.41, 5.74) is 5.58. The minimum Gasteiger partial charge on any atom is -0.361 e. The van der Waals surface area contributed by atoms with Crippen LogP contribution in [0.25, 0.3) is 16.9 Å². The van der Waals surface area contributed by atoms with E-state index in [0.717, 1.165) is 28.3 Å². The normalized spacial score (nSPS) is 11.1. The first-order valence-corrected chi connectivity index (χ1v) is 9.88. The van der Waals surface area contributed by atoms with Crippen molar-refractivity contribution in [1.29, 1.82) is 0 Å². The number of amides is 1. The molecule has 0 unspecified atom stereocenters. The monoisotopic (exact) mass is 410 g/mol. The van der Waals surface area contributed by atoms with E-state index < -0.39 is 0 Å². The smallest absolute Gasteiger partial charge is 0.262 e. The van der Waals surface area contributed by atoms with Crippen LogP contribution in [0.4, 0.5) is 9.52 Å². The van der Waals surface area contributed by atoms with Crippen molar-refractivity contribution in [2.45, 2.75) is 27.7 Å². The molecule has 1 amide bonds. The van der Waals surface area contributed by atoms with Crippen molar-refractivity contribution in [3.8, 4) is 16.9 Å². The van der Waals surface area contributed by atoms with Crippen LogP contribution in [0.3, 0.4) is 0 Å². The Kier molecular flexibility index (Phi) is 4.79. The van der Waals surface area contributed by atoms with Gasteiger partial charge in [-0.05, 0) is 58.0 Å². The van der Waals surface area contributed by atoms with Crippen LogP contribution in [-0.2, 0) is 0 Å². The van der Waals surface area contributed by atoms with E-state index in [1.165, 1.54) is 23.5 Å². The lowest BCUT2D eigenvalue weighted by atomic mass is 10.2. The standard InChI is InChI=1S/C21H19FN4O2S/c1-11-9-17(13(3)26(11)16-7-5-15(22)6-8-16)18-10-29-21(23-18)24-20(27)19-12(2)25-28-14(19)4/h5-10H,1-4H3,(H,23,24,27). The molecule has 6 nitrogen and oxygen atoms in total. The Morgan fingerprint density at radius 3 is 2.55 bits per heavy atom. The number of aromatic nitrogens is 3. The molecule has 0 fully saturated rings. The number of anilines is 1. The van der Waals surface area contributed by atoms with Crippen molar-refractivity contribution in [2.24, 2.45) is 0 Å². The van der Waals surface area contributed by atoms with Crippen LogP contribution in [0.1, 0.15) is 33.2 Å². The molecule has 29 heavy (non-hydrogen) atoms. The summed E-state index contributed by atoms with van der Waals surface area (Å²) in [6.07, 6.45) is 0. The third-order valence-corrected chi connectivity index (χ3v) is 5.53. The molecule has 0 spiro atoms. The highest BCUT2D eigenvalue weighted by atomic mass is 32.1. The molecule has 0 aliphatic rings. The van der Waals surface area contributed by atoms with Gasteiger partial charge in [0, 0.05) is 28.0 Å². The zero-order valence-electron chi connectivity index (χ0n) is 16.4. The number of aryl methyl sites for hydroxylation is 3. The maximum absolute atomic E-state index is 13.3. The summed E-state index contributed by atoms with van der Waals surface area (Å²) in [5, 5.41) is 9.03. The van der Waals surface area contributed by atoms with Gasteiger partial charge >= 0.3 is 0 Å². The molecule has 0 saturated heterocycles. The molecule has 1 aromatic carbocycles. The van der Waals surface area contributed by atoms with E-state index >= 15 is 0 Å². The van der Waals surface area contributed by atoms with E-state index in [4.69, 9.17) is 4.52 Å². The van der Waals surface area contributed by atoms with Gasteiger partial charge in [-0.2, -0.15) is 0 Å². The van der Waals surface area contributed by atoms with Crippen LogP contribution in [-0.4, -0.2) is 20.6 Å². The average Bonchev–Trinajstić information content (AvgIpc) is 3.34. The van der Waals surface area contributed by atoms with E-state index in [1.807, 2.05) is 25.3 Å². The highest BCUT2D eigenvalue weighted by molar-refractivity contribution is 7.14. The first-order chi connectivity index (χ1) is 13.8. The summed E-state index contributed by atoms with van der Waals surface area (Å²) in [6.45, 7) is 7.41. The number of rotatable bonds is 4. The Morgan fingerprint density at radius 2 is 1.90 bits per heavy atom. The second-order valence-corrected chi connectivity index (χ2v) is 7.65. The van der Waals surface area contributed by atoms with Crippen LogP contribution < -0.4 is 5.32 Å². The SMILES string of the molecule is Cc1noc(C)c1C(=O)Nc1nc(-c2cc(C)n(-c3ccc(F)cc3)c2C)cs1. The Hall–Kier alpha value is -3.26. The minimum absolute atomic E-state index is 0.269. The van der Waals surface area contributed by atoms with Crippen LogP contribution in [0.5, 0.6) is 0 Å². The third kappa shape index (κ3) is 3.47. The van der Waals surface area contributed by atoms with Crippen molar-refractivity contribution in [2.75, 3.05) is 5.32 Å². The lowest BCUT2D eigenvalue weighted by Gasteiger charge is -2.09. The van der Waals surface area contributed by atoms with Gasteiger partial charge in [0.15, 0.2) is 5.13 Å². The van der Waals surface area contributed by atoms with Gasteiger partial charge in [-0.15, -0.1) is 11.3 Å². The second-order valence-electron chi connectivity index (χ2n) is 6.79. The third-order valence-electron chi connectivity index (χ3n) is 4.78. The predicted octanol–water partition coefficient (Wildman–Crippen LogP) is 5.21. The molecule has 148 valence electrons. The Bertz CT molecular complexity index is 1180. The van der Waals surface area contributed by atoms with E-state index in [-0.39, 0.29) is 11.7 Å². The zero-order chi connectivity index (χ0) is 20.7. The fourth-order valence-electron chi connectivity index (χ4n) is 3.43. The van der Waals surface area contributed by atoms with Crippen molar-refractivity contribution in [3.63, 3.8) is 0 Å². The van der Waals surface area contributed by atoms with Crippen LogP contribution in [0, 0.1) is 33.5 Å². The quantitative estimate of drug-likeness (QED) is 0.501. The van der Waals surface area contributed by atoms with Gasteiger partial charge in [-0.1, -0.05) is 5.16 Å². The number of nitrogens with one attached hydrogen (secondary N) is 1. The van der Waals surface area contributed by atoms with Crippen molar-refractivity contribution >= 4 is 22.4 Å². The minimum atomic E-state index is -0.293. The number of halogens is 1. The number of nitrogens with zero attached hydrogens (tertiary/aromatic N) is 3. The molecule has 0 bridgehead atoms. The molecular weight excluding hydrogens is 391 g/mol. The number of carbonyl (C=O) groups excluding carboxylic acids is 1. The first-order valence-electron chi connectivity index (χ1n) is 9.00. The average molecular weight is 410 g/mol. The molecular formula is C21H19FN4O2S. The zero-order valence-corrected chi connectivity index (χ0v) is 17.2. The molecule has 3 aromatic heterocycles. The molecule has 4 aromatic rings. The lowest BCUT2D eigenvalue weighted by molar-refractivity contribution is 0.102. The summed E-state index contributed by atoms with van der Waals surface area (Å²) in [5.74, 6) is -0.0897. The summed E-state index contributed by atoms with van der Waals surface area (Å²) in [4.78, 5) is 17.1. The van der Waals surface area contributed by atoms with E-state index in [1.54, 1.807) is 26.0 Å². The van der Waals surface area contributed by atoms with E-state index in [0.29, 0.717) is 22.1 Å². The Morgan fingerprint density at radius 1 is 1.17 bits per heavy atom. The largest absolute Gasteiger partial charge is 0.361 e. The molecule has 0 atom stereocenters. The fraction of sp³-hybridized carbons (Fsp3) is 0.190. The van der Waals surface area contributed by atoms with E-state index in [2.05, 4.69) is 20.0 Å². The van der Waals surface area contributed by atoms with Crippen LogP contribution >= 0.6 is 11.3 Å². The molecule has 0 aliphatic carbocycles. The number of thiazole rings is 1. The highest BCUT2D eigenvalue weighted by Gasteiger charge is 2.20. The van der Waals surface area contributed by atoms with Gasteiger partial charge in [-0.3, -0.25) is 10.1 Å². The van der Waals surface area contributed by atoms with Crippen LogP contribution in [0.15, 0.2) is 40.2 Å².